The first-order valence-corrected chi connectivity index (χ1v) is 9.02. The van der Waals surface area contributed by atoms with Crippen molar-refractivity contribution >= 4 is 38.6 Å². The number of thiocarbonyl (C=S) groups is 1. The second-order valence-corrected chi connectivity index (χ2v) is 7.47. The molecule has 0 aliphatic heterocycles. The van der Waals surface area contributed by atoms with Crippen LogP contribution in [0.5, 0.6) is 0 Å². The maximum Gasteiger partial charge on any atom is 0.243 e. The third-order valence-electron chi connectivity index (χ3n) is 2.77. The molecule has 112 valence electrons. The van der Waals surface area contributed by atoms with E-state index in [0.29, 0.717) is 6.42 Å². The van der Waals surface area contributed by atoms with Crippen molar-refractivity contribution in [2.45, 2.75) is 24.3 Å². The van der Waals surface area contributed by atoms with Gasteiger partial charge in [0.1, 0.15) is 15.6 Å². The average molecular weight is 341 g/mol. The lowest BCUT2D eigenvalue weighted by Crippen LogP contribution is -2.35. The predicted molar refractivity (Wildman–Crippen MR) is 87.9 cm³/mol. The molecule has 5 nitrogen and oxygen atoms in total. The molecule has 1 atom stereocenters. The number of thiophene rings is 1. The third-order valence-corrected chi connectivity index (χ3v) is 5.32. The number of pyridine rings is 1. The molecule has 0 aliphatic rings. The Kier molecular flexibility index (Phi) is 5.04. The molecule has 2 rings (SSSR count). The van der Waals surface area contributed by atoms with Crippen molar-refractivity contribution < 1.29 is 8.42 Å². The van der Waals surface area contributed by atoms with Crippen molar-refractivity contribution in [1.82, 2.24) is 9.71 Å². The normalized spacial score (nSPS) is 13.0. The number of nitrogens with one attached hydrogen (secondary N) is 1. The minimum Gasteiger partial charge on any atom is -0.388 e. The molecule has 2 aromatic rings. The zero-order valence-electron chi connectivity index (χ0n) is 11.3. The molecule has 0 radical (unpaired) electrons. The maximum absolute atomic E-state index is 12.4. The summed E-state index contributed by atoms with van der Waals surface area (Å²) in [6.45, 7) is 1.81. The van der Waals surface area contributed by atoms with Gasteiger partial charge in [-0.1, -0.05) is 12.2 Å². The Bertz CT molecular complexity index is 727. The Morgan fingerprint density at radius 2 is 2.29 bits per heavy atom. The number of sulfonamides is 1. The van der Waals surface area contributed by atoms with E-state index >= 15 is 0 Å². The Morgan fingerprint density at radius 1 is 1.52 bits per heavy atom. The van der Waals surface area contributed by atoms with Crippen LogP contribution in [0.3, 0.4) is 0 Å². The molecular formula is C13H15N3O2S3. The van der Waals surface area contributed by atoms with Crippen LogP contribution in [0.2, 0.25) is 0 Å². The van der Waals surface area contributed by atoms with Crippen LogP contribution in [0.1, 0.15) is 18.2 Å². The molecule has 21 heavy (non-hydrogen) atoms. The number of nitrogens with zero attached hydrogens (tertiary/aromatic N) is 1. The van der Waals surface area contributed by atoms with Crippen molar-refractivity contribution in [3.8, 4) is 0 Å². The van der Waals surface area contributed by atoms with Gasteiger partial charge in [0.2, 0.25) is 10.0 Å². The summed E-state index contributed by atoms with van der Waals surface area (Å²) in [6.07, 6.45) is 2.08. The molecule has 0 aliphatic carbocycles. The molecular weight excluding hydrogens is 326 g/mol. The van der Waals surface area contributed by atoms with Gasteiger partial charge in [-0.15, -0.1) is 0 Å². The quantitative estimate of drug-likeness (QED) is 0.781. The zero-order chi connectivity index (χ0) is 15.5. The summed E-state index contributed by atoms with van der Waals surface area (Å²) in [4.78, 5) is 3.91. The number of hydrogen-bond acceptors (Lipinski definition) is 5. The molecule has 0 saturated heterocycles. The van der Waals surface area contributed by atoms with E-state index in [2.05, 4.69) is 9.71 Å². The summed E-state index contributed by atoms with van der Waals surface area (Å²) in [7, 11) is -3.71. The van der Waals surface area contributed by atoms with Gasteiger partial charge in [-0.2, -0.15) is 11.3 Å². The van der Waals surface area contributed by atoms with Gasteiger partial charge in [0, 0.05) is 12.2 Å². The zero-order valence-corrected chi connectivity index (χ0v) is 13.8. The van der Waals surface area contributed by atoms with E-state index in [0.717, 1.165) is 5.56 Å². The van der Waals surface area contributed by atoms with Crippen molar-refractivity contribution in [2.75, 3.05) is 0 Å². The van der Waals surface area contributed by atoms with Crippen molar-refractivity contribution in [3.05, 3.63) is 46.4 Å². The van der Waals surface area contributed by atoms with Crippen LogP contribution in [0.15, 0.2) is 40.1 Å². The average Bonchev–Trinajstić information content (AvgIpc) is 2.90. The van der Waals surface area contributed by atoms with Gasteiger partial charge < -0.3 is 5.73 Å². The fourth-order valence-corrected chi connectivity index (χ4v) is 4.25. The van der Waals surface area contributed by atoms with E-state index in [1.54, 1.807) is 17.4 Å². The maximum atomic E-state index is 12.4. The van der Waals surface area contributed by atoms with E-state index in [-0.39, 0.29) is 21.6 Å². The standard InChI is InChI=1S/C13H15N3O2S3/c1-9(7-10-4-6-20-8-10)16-21(17,18)11-3-2-5-15-12(11)13(14)19/h2-6,8-9,16H,7H2,1H3,(H2,14,19). The largest absolute Gasteiger partial charge is 0.388 e. The van der Waals surface area contributed by atoms with Gasteiger partial charge in [-0.3, -0.25) is 4.98 Å². The molecule has 8 heteroatoms. The highest BCUT2D eigenvalue weighted by Gasteiger charge is 2.22. The van der Waals surface area contributed by atoms with Crippen molar-refractivity contribution in [1.29, 1.82) is 0 Å². The summed E-state index contributed by atoms with van der Waals surface area (Å²) >= 11 is 6.43. The molecule has 3 N–H and O–H groups in total. The Hall–Kier alpha value is -1.35. The Morgan fingerprint density at radius 3 is 2.90 bits per heavy atom. The lowest BCUT2D eigenvalue weighted by atomic mass is 10.1. The van der Waals surface area contributed by atoms with E-state index in [1.165, 1.54) is 12.3 Å². The van der Waals surface area contributed by atoms with Crippen LogP contribution in [0.4, 0.5) is 0 Å². The van der Waals surface area contributed by atoms with Gasteiger partial charge in [-0.25, -0.2) is 13.1 Å². The van der Waals surface area contributed by atoms with Crippen LogP contribution in [-0.4, -0.2) is 24.4 Å². The fraction of sp³-hybridized carbons (Fsp3) is 0.231. The van der Waals surface area contributed by atoms with E-state index < -0.39 is 10.0 Å². The first-order valence-electron chi connectivity index (χ1n) is 6.18. The molecule has 0 spiro atoms. The molecule has 0 fully saturated rings. The Labute approximate surface area is 133 Å². The summed E-state index contributed by atoms with van der Waals surface area (Å²) in [5, 5.41) is 3.96. The van der Waals surface area contributed by atoms with Gasteiger partial charge >= 0.3 is 0 Å². The minimum absolute atomic E-state index is 0.00895. The fourth-order valence-electron chi connectivity index (χ4n) is 1.92. The summed E-state index contributed by atoms with van der Waals surface area (Å²) in [6, 6.07) is 4.71. The summed E-state index contributed by atoms with van der Waals surface area (Å²) in [5.41, 5.74) is 6.74. The van der Waals surface area contributed by atoms with Gasteiger partial charge in [-0.05, 0) is 47.9 Å². The molecule has 0 saturated carbocycles. The molecule has 1 unspecified atom stereocenters. The lowest BCUT2D eigenvalue weighted by molar-refractivity contribution is 0.559. The molecule has 0 bridgehead atoms. The van der Waals surface area contributed by atoms with Crippen LogP contribution in [0, 0.1) is 0 Å². The smallest absolute Gasteiger partial charge is 0.243 e. The molecule has 0 amide bonds. The van der Waals surface area contributed by atoms with Gasteiger partial charge in [0.25, 0.3) is 0 Å². The second-order valence-electron chi connectivity index (χ2n) is 4.57. The molecule has 2 heterocycles. The summed E-state index contributed by atoms with van der Waals surface area (Å²) < 4.78 is 27.5. The predicted octanol–water partition coefficient (Wildman–Crippen LogP) is 1.69. The summed E-state index contributed by atoms with van der Waals surface area (Å²) in [5.74, 6) is 0. The topological polar surface area (TPSA) is 85.1 Å². The van der Waals surface area contributed by atoms with E-state index in [1.807, 2.05) is 23.8 Å². The van der Waals surface area contributed by atoms with Gasteiger partial charge in [0.15, 0.2) is 0 Å². The first-order chi connectivity index (χ1) is 9.90. The second kappa shape index (κ2) is 6.61. The number of rotatable bonds is 6. The molecule has 2 aromatic heterocycles. The highest BCUT2D eigenvalue weighted by Crippen LogP contribution is 2.15. The minimum atomic E-state index is -3.71. The number of nitrogens with two attached hydrogens (primary N) is 1. The number of hydrogen-bond donors (Lipinski definition) is 2. The molecule has 0 aromatic carbocycles. The van der Waals surface area contributed by atoms with Gasteiger partial charge in [0.05, 0.1) is 0 Å². The van der Waals surface area contributed by atoms with E-state index in [9.17, 15) is 8.42 Å². The highest BCUT2D eigenvalue weighted by atomic mass is 32.2. The number of aromatic nitrogens is 1. The first kappa shape index (κ1) is 16.0. The highest BCUT2D eigenvalue weighted by molar-refractivity contribution is 7.89. The van der Waals surface area contributed by atoms with E-state index in [4.69, 9.17) is 18.0 Å². The van der Waals surface area contributed by atoms with Crippen LogP contribution in [0.25, 0.3) is 0 Å². The van der Waals surface area contributed by atoms with Crippen molar-refractivity contribution in [3.63, 3.8) is 0 Å². The van der Waals surface area contributed by atoms with Crippen LogP contribution >= 0.6 is 23.6 Å². The van der Waals surface area contributed by atoms with Crippen molar-refractivity contribution in [2.24, 2.45) is 5.73 Å². The van der Waals surface area contributed by atoms with Crippen LogP contribution in [-0.2, 0) is 16.4 Å². The SMILES string of the molecule is CC(Cc1ccsc1)NS(=O)(=O)c1cccnc1C(N)=S. The third kappa shape index (κ3) is 4.07. The monoisotopic (exact) mass is 341 g/mol. The van der Waals surface area contributed by atoms with Crippen LogP contribution < -0.4 is 10.5 Å². The Balaban J connectivity index is 2.20. The lowest BCUT2D eigenvalue weighted by Gasteiger charge is -2.15.